The fraction of sp³-hybridized carbons (Fsp3) is 0.500. The van der Waals surface area contributed by atoms with Crippen LogP contribution in [0.5, 0.6) is 0 Å². The van der Waals surface area contributed by atoms with E-state index >= 15 is 0 Å². The van der Waals surface area contributed by atoms with E-state index in [1.54, 1.807) is 0 Å². The number of aromatic nitrogens is 2. The van der Waals surface area contributed by atoms with Crippen LogP contribution in [0, 0.1) is 6.92 Å². The molecule has 1 unspecified atom stereocenters. The lowest BCUT2D eigenvalue weighted by Crippen LogP contribution is -2.22. The molecule has 0 aliphatic carbocycles. The van der Waals surface area contributed by atoms with Crippen LogP contribution in [0.3, 0.4) is 0 Å². The number of aryl methyl sites for hydroxylation is 3. The van der Waals surface area contributed by atoms with E-state index < -0.39 is 0 Å². The SMILES string of the molecule is CCCNC(CCc1ccccc1C)c1cnn(CC)c1. The molecule has 2 aromatic rings. The lowest BCUT2D eigenvalue weighted by atomic mass is 9.98. The fourth-order valence-electron chi connectivity index (χ4n) is 2.63. The van der Waals surface area contributed by atoms with Gasteiger partial charge in [0.1, 0.15) is 0 Å². The molecule has 0 saturated heterocycles. The molecule has 3 heteroatoms. The van der Waals surface area contributed by atoms with Gasteiger partial charge in [-0.25, -0.2) is 0 Å². The van der Waals surface area contributed by atoms with Crippen LogP contribution >= 0.6 is 0 Å². The number of hydrogen-bond acceptors (Lipinski definition) is 2. The van der Waals surface area contributed by atoms with Gasteiger partial charge in [-0.05, 0) is 50.8 Å². The van der Waals surface area contributed by atoms with E-state index in [0.717, 1.165) is 32.4 Å². The zero-order valence-corrected chi connectivity index (χ0v) is 13.5. The predicted molar refractivity (Wildman–Crippen MR) is 88.4 cm³/mol. The van der Waals surface area contributed by atoms with Gasteiger partial charge in [-0.2, -0.15) is 5.10 Å². The third-order valence-corrected chi connectivity index (χ3v) is 3.98. The van der Waals surface area contributed by atoms with Crippen molar-refractivity contribution in [1.82, 2.24) is 15.1 Å². The van der Waals surface area contributed by atoms with Gasteiger partial charge in [-0.3, -0.25) is 4.68 Å². The van der Waals surface area contributed by atoms with Gasteiger partial charge in [0.05, 0.1) is 6.20 Å². The second-order valence-corrected chi connectivity index (χ2v) is 5.60. The van der Waals surface area contributed by atoms with Crippen LogP contribution in [0.25, 0.3) is 0 Å². The van der Waals surface area contributed by atoms with E-state index in [0.29, 0.717) is 6.04 Å². The van der Waals surface area contributed by atoms with Crippen molar-refractivity contribution in [3.63, 3.8) is 0 Å². The molecule has 1 aromatic heterocycles. The molecule has 1 N–H and O–H groups in total. The molecular formula is C18H27N3. The first-order chi connectivity index (χ1) is 10.2. The summed E-state index contributed by atoms with van der Waals surface area (Å²) in [5.74, 6) is 0. The molecule has 0 saturated carbocycles. The van der Waals surface area contributed by atoms with Crippen molar-refractivity contribution in [2.24, 2.45) is 0 Å². The summed E-state index contributed by atoms with van der Waals surface area (Å²) in [6, 6.07) is 9.06. The Kier molecular flexibility index (Phi) is 6.00. The second-order valence-electron chi connectivity index (χ2n) is 5.60. The Morgan fingerprint density at radius 2 is 2.05 bits per heavy atom. The normalized spacial score (nSPS) is 12.5. The van der Waals surface area contributed by atoms with Gasteiger partial charge >= 0.3 is 0 Å². The third-order valence-electron chi connectivity index (χ3n) is 3.98. The van der Waals surface area contributed by atoms with Gasteiger partial charge < -0.3 is 5.32 Å². The highest BCUT2D eigenvalue weighted by Gasteiger charge is 2.13. The molecule has 0 bridgehead atoms. The topological polar surface area (TPSA) is 29.9 Å². The quantitative estimate of drug-likeness (QED) is 0.797. The lowest BCUT2D eigenvalue weighted by molar-refractivity contribution is 0.498. The molecule has 0 fully saturated rings. The van der Waals surface area contributed by atoms with Gasteiger partial charge in [0.15, 0.2) is 0 Å². The standard InChI is InChI=1S/C18H27N3/c1-4-12-19-18(17-13-20-21(5-2)14-17)11-10-16-9-7-6-8-15(16)3/h6-9,13-14,18-19H,4-5,10-12H2,1-3H3. The summed E-state index contributed by atoms with van der Waals surface area (Å²) >= 11 is 0. The average molecular weight is 285 g/mol. The van der Waals surface area contributed by atoms with Crippen molar-refractivity contribution in [3.05, 3.63) is 53.3 Å². The van der Waals surface area contributed by atoms with Gasteiger partial charge in [0, 0.05) is 24.3 Å². The van der Waals surface area contributed by atoms with Gasteiger partial charge in [0.2, 0.25) is 0 Å². The molecule has 21 heavy (non-hydrogen) atoms. The first kappa shape index (κ1) is 15.8. The van der Waals surface area contributed by atoms with Crippen LogP contribution in [0.1, 0.15) is 49.4 Å². The molecule has 0 aliphatic heterocycles. The van der Waals surface area contributed by atoms with E-state index in [9.17, 15) is 0 Å². The Morgan fingerprint density at radius 1 is 1.24 bits per heavy atom. The largest absolute Gasteiger partial charge is 0.310 e. The molecule has 0 radical (unpaired) electrons. The Balaban J connectivity index is 2.04. The van der Waals surface area contributed by atoms with Crippen molar-refractivity contribution in [2.45, 2.75) is 52.6 Å². The summed E-state index contributed by atoms with van der Waals surface area (Å²) in [5, 5.41) is 8.07. The van der Waals surface area contributed by atoms with Crippen LogP contribution < -0.4 is 5.32 Å². The minimum Gasteiger partial charge on any atom is -0.310 e. The molecule has 0 amide bonds. The van der Waals surface area contributed by atoms with E-state index in [2.05, 4.69) is 61.6 Å². The molecule has 0 spiro atoms. The third kappa shape index (κ3) is 4.43. The molecule has 1 atom stereocenters. The lowest BCUT2D eigenvalue weighted by Gasteiger charge is -2.17. The van der Waals surface area contributed by atoms with E-state index in [1.165, 1.54) is 16.7 Å². The number of rotatable bonds is 8. The van der Waals surface area contributed by atoms with Gasteiger partial charge in [-0.15, -0.1) is 0 Å². The van der Waals surface area contributed by atoms with Crippen molar-refractivity contribution in [3.8, 4) is 0 Å². The Labute approximate surface area is 128 Å². The Morgan fingerprint density at radius 3 is 2.71 bits per heavy atom. The molecule has 2 rings (SSSR count). The first-order valence-electron chi connectivity index (χ1n) is 8.04. The van der Waals surface area contributed by atoms with E-state index in [4.69, 9.17) is 0 Å². The number of nitrogens with zero attached hydrogens (tertiary/aromatic N) is 2. The maximum atomic E-state index is 4.41. The number of benzene rings is 1. The smallest absolute Gasteiger partial charge is 0.0537 e. The highest BCUT2D eigenvalue weighted by atomic mass is 15.3. The fourth-order valence-corrected chi connectivity index (χ4v) is 2.63. The van der Waals surface area contributed by atoms with Crippen LogP contribution in [-0.2, 0) is 13.0 Å². The summed E-state index contributed by atoms with van der Waals surface area (Å²) < 4.78 is 2.00. The van der Waals surface area contributed by atoms with Crippen LogP contribution in [0.4, 0.5) is 0 Å². The van der Waals surface area contributed by atoms with Crippen molar-refractivity contribution in [2.75, 3.05) is 6.54 Å². The molecule has 3 nitrogen and oxygen atoms in total. The minimum absolute atomic E-state index is 0.393. The summed E-state index contributed by atoms with van der Waals surface area (Å²) in [6.07, 6.45) is 7.55. The number of nitrogens with one attached hydrogen (secondary N) is 1. The van der Waals surface area contributed by atoms with Crippen LogP contribution in [0.15, 0.2) is 36.7 Å². The van der Waals surface area contributed by atoms with Gasteiger partial charge in [0.25, 0.3) is 0 Å². The van der Waals surface area contributed by atoms with Crippen molar-refractivity contribution >= 4 is 0 Å². The first-order valence-corrected chi connectivity index (χ1v) is 8.04. The molecule has 0 aliphatic rings. The molecule has 1 aromatic carbocycles. The summed E-state index contributed by atoms with van der Waals surface area (Å²) in [5.41, 5.74) is 4.14. The highest BCUT2D eigenvalue weighted by molar-refractivity contribution is 5.26. The average Bonchev–Trinajstić information content (AvgIpc) is 2.98. The second kappa shape index (κ2) is 7.99. The Bertz CT molecular complexity index is 545. The maximum absolute atomic E-state index is 4.41. The van der Waals surface area contributed by atoms with Crippen LogP contribution in [-0.4, -0.2) is 16.3 Å². The summed E-state index contributed by atoms with van der Waals surface area (Å²) in [6.45, 7) is 8.51. The van der Waals surface area contributed by atoms with Gasteiger partial charge in [-0.1, -0.05) is 31.2 Å². The molecule has 114 valence electrons. The summed E-state index contributed by atoms with van der Waals surface area (Å²) in [4.78, 5) is 0. The zero-order valence-electron chi connectivity index (χ0n) is 13.5. The van der Waals surface area contributed by atoms with Crippen molar-refractivity contribution in [1.29, 1.82) is 0 Å². The predicted octanol–water partition coefficient (Wildman–Crippen LogP) is 3.88. The van der Waals surface area contributed by atoms with Crippen LogP contribution in [0.2, 0.25) is 0 Å². The van der Waals surface area contributed by atoms with E-state index in [1.807, 2.05) is 10.9 Å². The Hall–Kier alpha value is -1.61. The zero-order chi connectivity index (χ0) is 15.1. The minimum atomic E-state index is 0.393. The number of hydrogen-bond donors (Lipinski definition) is 1. The monoisotopic (exact) mass is 285 g/mol. The molecular weight excluding hydrogens is 258 g/mol. The van der Waals surface area contributed by atoms with E-state index in [-0.39, 0.29) is 0 Å². The van der Waals surface area contributed by atoms with Crippen molar-refractivity contribution < 1.29 is 0 Å². The summed E-state index contributed by atoms with van der Waals surface area (Å²) in [7, 11) is 0. The highest BCUT2D eigenvalue weighted by Crippen LogP contribution is 2.20. The molecule has 1 heterocycles. The maximum Gasteiger partial charge on any atom is 0.0537 e.